The van der Waals surface area contributed by atoms with Crippen molar-refractivity contribution in [1.82, 2.24) is 4.90 Å². The zero-order valence-corrected chi connectivity index (χ0v) is 41.2. The Bertz CT molecular complexity index is 1290. The summed E-state index contributed by atoms with van der Waals surface area (Å²) in [5.74, 6) is -0.0518. The number of hydrogen-bond donors (Lipinski definition) is 1. The molecular weight excluding hydrogens is 791 g/mol. The molecule has 1 aromatic carbocycles. The predicted octanol–water partition coefficient (Wildman–Crippen LogP) is 12.6. The van der Waals surface area contributed by atoms with E-state index < -0.39 is 5.43 Å². The monoisotopic (exact) mass is 888 g/mol. The zero-order valence-electron chi connectivity index (χ0n) is 41.2. The number of carbonyl (C=O) groups is 2. The lowest BCUT2D eigenvalue weighted by molar-refractivity contribution is -0.150. The summed E-state index contributed by atoms with van der Waals surface area (Å²) in [6.07, 6.45) is 38.5. The highest BCUT2D eigenvalue weighted by Crippen LogP contribution is 2.22. The van der Waals surface area contributed by atoms with Gasteiger partial charge in [-0.2, -0.15) is 0 Å². The number of esters is 2. The van der Waals surface area contributed by atoms with Gasteiger partial charge in [0.05, 0.1) is 19.8 Å². The van der Waals surface area contributed by atoms with Gasteiger partial charge in [0.25, 0.3) is 10.9 Å². The summed E-state index contributed by atoms with van der Waals surface area (Å²) in [6, 6.07) is 0. The number of carbonyl (C=O) groups excluding carboxylic acids is 2. The number of rotatable bonds is 45. The van der Waals surface area contributed by atoms with E-state index in [0.717, 1.165) is 129 Å². The minimum atomic E-state index is -0.399. The first kappa shape index (κ1) is 56.7. The van der Waals surface area contributed by atoms with Gasteiger partial charge in [-0.15, -0.1) is 0 Å². The van der Waals surface area contributed by atoms with E-state index in [0.29, 0.717) is 63.7 Å². The number of unbranched alkanes of at least 4 members (excludes halogenated alkanes) is 24. The van der Waals surface area contributed by atoms with Gasteiger partial charge in [0, 0.05) is 32.5 Å². The van der Waals surface area contributed by atoms with Crippen molar-refractivity contribution in [1.29, 1.82) is 0 Å². The quantitative estimate of drug-likeness (QED) is 0.0386. The molecule has 10 nitrogen and oxygen atoms in total. The SMILES string of the molecule is CCCCCCCCCOC(=O)CCCCCCCN(CCCCCCCC(=O)OC(CCCCCCCC)CCCCCCCC)CCCNc1c(N2CCOCC2)c(=O)c1=O. The standard InChI is InChI=1S/C53H97N3O7/c1-4-7-10-13-16-25-32-44-62-48(57)36-28-21-17-23-30-39-55(41-33-38-54-50-51(53(60)52(50)59)56-42-45-61-46-43-56)40-31-24-18-22-29-37-49(58)63-47(34-26-19-14-11-8-5-2)35-27-20-15-12-9-6-3/h47,54H,4-46H2,1-3H3. The number of hydrogen-bond acceptors (Lipinski definition) is 10. The molecule has 10 heteroatoms. The summed E-state index contributed by atoms with van der Waals surface area (Å²) in [5.41, 5.74) is 0.236. The number of nitrogens with zero attached hydrogens (tertiary/aromatic N) is 2. The maximum absolute atomic E-state index is 12.9. The van der Waals surface area contributed by atoms with Gasteiger partial charge in [-0.1, -0.05) is 162 Å². The van der Waals surface area contributed by atoms with Crippen molar-refractivity contribution >= 4 is 23.3 Å². The molecule has 0 saturated carbocycles. The van der Waals surface area contributed by atoms with Gasteiger partial charge in [-0.3, -0.25) is 19.2 Å². The smallest absolute Gasteiger partial charge is 0.306 e. The zero-order chi connectivity index (χ0) is 45.4. The summed E-state index contributed by atoms with van der Waals surface area (Å²) < 4.78 is 17.0. The summed E-state index contributed by atoms with van der Waals surface area (Å²) in [4.78, 5) is 54.5. The fourth-order valence-electron chi connectivity index (χ4n) is 8.88. The molecule has 0 spiro atoms. The Hall–Kier alpha value is -2.46. The van der Waals surface area contributed by atoms with Crippen LogP contribution in [0.3, 0.4) is 0 Å². The molecular formula is C53H97N3O7. The largest absolute Gasteiger partial charge is 0.466 e. The predicted molar refractivity (Wildman–Crippen MR) is 264 cm³/mol. The molecule has 0 amide bonds. The molecule has 1 aromatic rings. The van der Waals surface area contributed by atoms with E-state index in [2.05, 4.69) is 31.0 Å². The Morgan fingerprint density at radius 2 is 1.00 bits per heavy atom. The van der Waals surface area contributed by atoms with Crippen LogP contribution in [0, 0.1) is 0 Å². The minimum Gasteiger partial charge on any atom is -0.466 e. The Kier molecular flexibility index (Phi) is 35.9. The molecule has 0 unspecified atom stereocenters. The Balaban J connectivity index is 1.70. The third-order valence-corrected chi connectivity index (χ3v) is 12.9. The van der Waals surface area contributed by atoms with Crippen LogP contribution >= 0.6 is 0 Å². The molecule has 0 bridgehead atoms. The van der Waals surface area contributed by atoms with Crippen molar-refractivity contribution in [3.8, 4) is 0 Å². The van der Waals surface area contributed by atoms with Crippen LogP contribution in [0.5, 0.6) is 0 Å². The molecule has 1 aliphatic rings. The molecule has 0 aromatic heterocycles. The molecule has 366 valence electrons. The average molecular weight is 888 g/mol. The molecule has 63 heavy (non-hydrogen) atoms. The van der Waals surface area contributed by atoms with Gasteiger partial charge in [0.15, 0.2) is 0 Å². The van der Waals surface area contributed by atoms with Crippen LogP contribution in [0.4, 0.5) is 11.4 Å². The lowest BCUT2D eigenvalue weighted by atomic mass is 10.0. The fourth-order valence-corrected chi connectivity index (χ4v) is 8.88. The first-order valence-electron chi connectivity index (χ1n) is 26.9. The summed E-state index contributed by atoms with van der Waals surface area (Å²) in [5, 5.41) is 3.30. The van der Waals surface area contributed by atoms with Crippen LogP contribution in [0.25, 0.3) is 0 Å². The molecule has 0 radical (unpaired) electrons. The van der Waals surface area contributed by atoms with Crippen LogP contribution < -0.4 is 21.1 Å². The van der Waals surface area contributed by atoms with Crippen LogP contribution in [0.1, 0.15) is 239 Å². The maximum atomic E-state index is 12.9. The van der Waals surface area contributed by atoms with Gasteiger partial charge in [0.1, 0.15) is 17.5 Å². The second kappa shape index (κ2) is 39.9. The van der Waals surface area contributed by atoms with Crippen molar-refractivity contribution in [3.05, 3.63) is 20.4 Å². The van der Waals surface area contributed by atoms with Gasteiger partial charge in [0.2, 0.25) is 0 Å². The van der Waals surface area contributed by atoms with E-state index >= 15 is 0 Å². The summed E-state index contributed by atoms with van der Waals surface area (Å²) in [7, 11) is 0. The Morgan fingerprint density at radius 1 is 0.556 bits per heavy atom. The number of ether oxygens (including phenoxy) is 3. The minimum absolute atomic E-state index is 0.00344. The second-order valence-corrected chi connectivity index (χ2v) is 18.7. The van der Waals surface area contributed by atoms with Crippen molar-refractivity contribution in [2.75, 3.05) is 69.3 Å². The summed E-state index contributed by atoms with van der Waals surface area (Å²) >= 11 is 0. The lowest BCUT2D eigenvalue weighted by Crippen LogP contribution is -2.47. The molecule has 1 saturated heterocycles. The highest BCUT2D eigenvalue weighted by Gasteiger charge is 2.27. The second-order valence-electron chi connectivity index (χ2n) is 18.7. The highest BCUT2D eigenvalue weighted by atomic mass is 16.5. The van der Waals surface area contributed by atoms with Crippen LogP contribution in [-0.2, 0) is 23.8 Å². The number of anilines is 2. The van der Waals surface area contributed by atoms with E-state index in [1.165, 1.54) is 96.3 Å². The van der Waals surface area contributed by atoms with Gasteiger partial charge >= 0.3 is 11.9 Å². The number of nitrogens with one attached hydrogen (secondary N) is 1. The Labute approximate surface area is 385 Å². The van der Waals surface area contributed by atoms with Gasteiger partial charge in [-0.05, 0) is 83.8 Å². The van der Waals surface area contributed by atoms with Gasteiger partial charge in [-0.25, -0.2) is 0 Å². The molecule has 1 fully saturated rings. The normalized spacial score (nSPS) is 13.1. The lowest BCUT2D eigenvalue weighted by Gasteiger charge is -2.31. The third kappa shape index (κ3) is 28.9. The van der Waals surface area contributed by atoms with Crippen molar-refractivity contribution in [3.63, 3.8) is 0 Å². The Morgan fingerprint density at radius 3 is 1.54 bits per heavy atom. The van der Waals surface area contributed by atoms with E-state index in [1.807, 2.05) is 4.90 Å². The van der Waals surface area contributed by atoms with E-state index in [-0.39, 0.29) is 23.5 Å². The van der Waals surface area contributed by atoms with Gasteiger partial charge < -0.3 is 29.3 Å². The van der Waals surface area contributed by atoms with Crippen molar-refractivity contribution in [2.24, 2.45) is 0 Å². The molecule has 0 atom stereocenters. The summed E-state index contributed by atoms with van der Waals surface area (Å²) in [6.45, 7) is 13.4. The molecule has 0 aliphatic carbocycles. The van der Waals surface area contributed by atoms with E-state index in [4.69, 9.17) is 14.2 Å². The van der Waals surface area contributed by atoms with E-state index in [9.17, 15) is 19.2 Å². The average Bonchev–Trinajstić information content (AvgIpc) is 3.29. The topological polar surface area (TPSA) is 114 Å². The highest BCUT2D eigenvalue weighted by molar-refractivity contribution is 5.75. The molecule has 1 N–H and O–H groups in total. The first-order valence-corrected chi connectivity index (χ1v) is 26.9. The van der Waals surface area contributed by atoms with Crippen molar-refractivity contribution < 1.29 is 23.8 Å². The number of morpholine rings is 1. The van der Waals surface area contributed by atoms with E-state index in [1.54, 1.807) is 0 Å². The maximum Gasteiger partial charge on any atom is 0.306 e. The molecule has 1 aliphatic heterocycles. The molecule has 1 heterocycles. The van der Waals surface area contributed by atoms with Crippen LogP contribution in [0.2, 0.25) is 0 Å². The fraction of sp³-hybridized carbons (Fsp3) is 0.887. The van der Waals surface area contributed by atoms with Crippen LogP contribution in [0.15, 0.2) is 9.59 Å². The first-order chi connectivity index (χ1) is 30.9. The van der Waals surface area contributed by atoms with Crippen LogP contribution in [-0.4, -0.2) is 82.0 Å². The third-order valence-electron chi connectivity index (χ3n) is 12.9. The molecule has 2 rings (SSSR count). The van der Waals surface area contributed by atoms with Crippen molar-refractivity contribution in [2.45, 2.75) is 245 Å².